The molecular formula is C8H6F2N4O2. The van der Waals surface area contributed by atoms with Gasteiger partial charge in [0.1, 0.15) is 23.0 Å². The fourth-order valence-corrected chi connectivity index (χ4v) is 1.16. The summed E-state index contributed by atoms with van der Waals surface area (Å²) in [6.45, 7) is -0.383. The summed E-state index contributed by atoms with van der Waals surface area (Å²) < 4.78 is 24.7. The van der Waals surface area contributed by atoms with E-state index in [9.17, 15) is 18.9 Å². The van der Waals surface area contributed by atoms with Gasteiger partial charge in [0, 0.05) is 6.54 Å². The van der Waals surface area contributed by atoms with E-state index in [2.05, 4.69) is 4.98 Å². The Morgan fingerprint density at radius 2 is 2.31 bits per heavy atom. The van der Waals surface area contributed by atoms with E-state index in [-0.39, 0.29) is 12.2 Å². The maximum atomic E-state index is 12.3. The minimum Gasteiger partial charge on any atom is -0.325 e. The van der Waals surface area contributed by atoms with E-state index in [4.69, 9.17) is 11.0 Å². The molecular weight excluding hydrogens is 222 g/mol. The maximum Gasteiger partial charge on any atom is 0.309 e. The van der Waals surface area contributed by atoms with E-state index in [1.165, 1.54) is 6.07 Å². The molecule has 0 radical (unpaired) electrons. The first-order valence-corrected chi connectivity index (χ1v) is 4.07. The van der Waals surface area contributed by atoms with Crippen LogP contribution in [0.2, 0.25) is 0 Å². The first kappa shape index (κ1) is 11.9. The Morgan fingerprint density at radius 1 is 1.69 bits per heavy atom. The number of nitrogens with zero attached hydrogens (tertiary/aromatic N) is 3. The first-order valence-electron chi connectivity index (χ1n) is 4.07. The van der Waals surface area contributed by atoms with Crippen molar-refractivity contribution >= 4 is 5.69 Å². The number of halogens is 2. The molecule has 0 aromatic carbocycles. The highest BCUT2D eigenvalue weighted by molar-refractivity contribution is 5.52. The van der Waals surface area contributed by atoms with Gasteiger partial charge in [-0.3, -0.25) is 10.1 Å². The minimum atomic E-state index is -2.90. The summed E-state index contributed by atoms with van der Waals surface area (Å²) in [6.07, 6.45) is -2.90. The second-order valence-corrected chi connectivity index (χ2v) is 2.76. The third-order valence-electron chi connectivity index (χ3n) is 1.80. The van der Waals surface area contributed by atoms with Crippen LogP contribution in [0.4, 0.5) is 14.5 Å². The smallest absolute Gasteiger partial charge is 0.309 e. The lowest BCUT2D eigenvalue weighted by Gasteiger charge is -2.04. The van der Waals surface area contributed by atoms with Crippen LogP contribution in [-0.4, -0.2) is 9.91 Å². The van der Waals surface area contributed by atoms with Gasteiger partial charge in [0.05, 0.1) is 4.92 Å². The largest absolute Gasteiger partial charge is 0.325 e. The summed E-state index contributed by atoms with van der Waals surface area (Å²) in [5, 5.41) is 19.2. The van der Waals surface area contributed by atoms with Crippen molar-refractivity contribution in [2.24, 2.45) is 5.73 Å². The molecule has 0 bridgehead atoms. The summed E-state index contributed by atoms with van der Waals surface area (Å²) in [6, 6.07) is 2.17. The van der Waals surface area contributed by atoms with Gasteiger partial charge < -0.3 is 5.73 Å². The molecule has 0 saturated carbocycles. The van der Waals surface area contributed by atoms with Crippen molar-refractivity contribution < 1.29 is 13.7 Å². The molecule has 2 N–H and O–H groups in total. The highest BCUT2D eigenvalue weighted by Crippen LogP contribution is 2.26. The third-order valence-corrected chi connectivity index (χ3v) is 1.80. The molecule has 0 atom stereocenters. The summed E-state index contributed by atoms with van der Waals surface area (Å²) in [5.41, 5.74) is 3.07. The second-order valence-electron chi connectivity index (χ2n) is 2.76. The fourth-order valence-electron chi connectivity index (χ4n) is 1.16. The van der Waals surface area contributed by atoms with Crippen LogP contribution in [0.1, 0.15) is 23.4 Å². The molecule has 1 heterocycles. The Kier molecular flexibility index (Phi) is 3.42. The standard InChI is InChI=1S/C8H6F2N4O2/c9-8(10)5-1-4(2-11)7(14(15)16)6(3-12)13-5/h1,8H,3,12H2. The predicted molar refractivity (Wildman–Crippen MR) is 48.5 cm³/mol. The van der Waals surface area contributed by atoms with Gasteiger partial charge in [0.2, 0.25) is 0 Å². The van der Waals surface area contributed by atoms with E-state index in [1.54, 1.807) is 0 Å². The van der Waals surface area contributed by atoms with Gasteiger partial charge in [-0.05, 0) is 6.07 Å². The van der Waals surface area contributed by atoms with Gasteiger partial charge in [-0.1, -0.05) is 0 Å². The molecule has 0 unspecified atom stereocenters. The van der Waals surface area contributed by atoms with E-state index in [0.29, 0.717) is 6.07 Å². The Bertz CT molecular complexity index is 470. The Balaban J connectivity index is 3.51. The Hall–Kier alpha value is -2.14. The van der Waals surface area contributed by atoms with Crippen molar-refractivity contribution in [3.63, 3.8) is 0 Å². The van der Waals surface area contributed by atoms with Crippen LogP contribution < -0.4 is 5.73 Å². The first-order chi connectivity index (χ1) is 7.51. The summed E-state index contributed by atoms with van der Waals surface area (Å²) in [5.74, 6) is 0. The quantitative estimate of drug-likeness (QED) is 0.619. The molecule has 84 valence electrons. The van der Waals surface area contributed by atoms with Crippen LogP contribution in [0.5, 0.6) is 0 Å². The molecule has 1 aromatic heterocycles. The lowest BCUT2D eigenvalue weighted by Crippen LogP contribution is -2.09. The van der Waals surface area contributed by atoms with Gasteiger partial charge in [-0.25, -0.2) is 13.8 Å². The monoisotopic (exact) mass is 228 g/mol. The van der Waals surface area contributed by atoms with Crippen molar-refractivity contribution in [3.8, 4) is 6.07 Å². The molecule has 0 aliphatic rings. The number of rotatable bonds is 3. The minimum absolute atomic E-state index is 0.320. The van der Waals surface area contributed by atoms with Crippen molar-refractivity contribution in [2.45, 2.75) is 13.0 Å². The molecule has 0 aliphatic heterocycles. The predicted octanol–water partition coefficient (Wildman–Crippen LogP) is 1.26. The lowest BCUT2D eigenvalue weighted by atomic mass is 10.1. The number of aromatic nitrogens is 1. The van der Waals surface area contributed by atoms with Gasteiger partial charge in [-0.15, -0.1) is 0 Å². The van der Waals surface area contributed by atoms with Crippen molar-refractivity contribution in [1.29, 1.82) is 5.26 Å². The average Bonchev–Trinajstić information content (AvgIpc) is 2.26. The van der Waals surface area contributed by atoms with Gasteiger partial charge in [-0.2, -0.15) is 5.26 Å². The number of alkyl halides is 2. The van der Waals surface area contributed by atoms with E-state index >= 15 is 0 Å². The van der Waals surface area contributed by atoms with Crippen molar-refractivity contribution in [2.75, 3.05) is 0 Å². The highest BCUT2D eigenvalue weighted by Gasteiger charge is 2.24. The van der Waals surface area contributed by atoms with Gasteiger partial charge in [0.15, 0.2) is 0 Å². The lowest BCUT2D eigenvalue weighted by molar-refractivity contribution is -0.386. The fraction of sp³-hybridized carbons (Fsp3) is 0.250. The zero-order chi connectivity index (χ0) is 12.3. The van der Waals surface area contributed by atoms with Crippen LogP contribution in [-0.2, 0) is 6.54 Å². The van der Waals surface area contributed by atoms with Crippen LogP contribution in [0, 0.1) is 21.4 Å². The van der Waals surface area contributed by atoms with Crippen molar-refractivity contribution in [3.05, 3.63) is 33.1 Å². The van der Waals surface area contributed by atoms with E-state index < -0.39 is 28.3 Å². The summed E-state index contributed by atoms with van der Waals surface area (Å²) >= 11 is 0. The Morgan fingerprint density at radius 3 is 2.69 bits per heavy atom. The van der Waals surface area contributed by atoms with Gasteiger partial charge >= 0.3 is 5.69 Å². The zero-order valence-electron chi connectivity index (χ0n) is 7.85. The second kappa shape index (κ2) is 4.59. The molecule has 16 heavy (non-hydrogen) atoms. The van der Waals surface area contributed by atoms with Gasteiger partial charge in [0.25, 0.3) is 6.43 Å². The van der Waals surface area contributed by atoms with Crippen LogP contribution in [0.25, 0.3) is 0 Å². The number of pyridine rings is 1. The van der Waals surface area contributed by atoms with Crippen LogP contribution >= 0.6 is 0 Å². The molecule has 1 rings (SSSR count). The topological polar surface area (TPSA) is 106 Å². The third kappa shape index (κ3) is 2.09. The van der Waals surface area contributed by atoms with Crippen LogP contribution in [0.3, 0.4) is 0 Å². The molecule has 1 aromatic rings. The molecule has 0 amide bonds. The van der Waals surface area contributed by atoms with Crippen LogP contribution in [0.15, 0.2) is 6.07 Å². The number of nitriles is 1. The average molecular weight is 228 g/mol. The zero-order valence-corrected chi connectivity index (χ0v) is 7.85. The molecule has 0 saturated heterocycles. The highest BCUT2D eigenvalue weighted by atomic mass is 19.3. The molecule has 0 spiro atoms. The number of hydrogen-bond acceptors (Lipinski definition) is 5. The summed E-state index contributed by atoms with van der Waals surface area (Å²) in [7, 11) is 0. The number of nitrogens with two attached hydrogens (primary N) is 1. The van der Waals surface area contributed by atoms with E-state index in [1.807, 2.05) is 0 Å². The van der Waals surface area contributed by atoms with Crippen molar-refractivity contribution in [1.82, 2.24) is 4.98 Å². The molecule has 8 heteroatoms. The SMILES string of the molecule is N#Cc1cc(C(F)F)nc(CN)c1[N+](=O)[O-]. The maximum absolute atomic E-state index is 12.3. The Labute approximate surface area is 88.5 Å². The molecule has 0 fully saturated rings. The number of hydrogen-bond donors (Lipinski definition) is 1. The number of nitro groups is 1. The normalized spacial score (nSPS) is 10.2. The summed E-state index contributed by atoms with van der Waals surface area (Å²) in [4.78, 5) is 13.1. The molecule has 0 aliphatic carbocycles. The molecule has 6 nitrogen and oxygen atoms in total. The van der Waals surface area contributed by atoms with E-state index in [0.717, 1.165) is 0 Å².